The van der Waals surface area contributed by atoms with E-state index in [0.717, 1.165) is 18.5 Å². The van der Waals surface area contributed by atoms with Gasteiger partial charge in [-0.3, -0.25) is 4.79 Å². The number of rotatable bonds is 9. The van der Waals surface area contributed by atoms with E-state index in [4.69, 9.17) is 15.9 Å². The Kier molecular flexibility index (Phi) is 8.19. The highest BCUT2D eigenvalue weighted by atomic mass is 16.5. The van der Waals surface area contributed by atoms with Crippen molar-refractivity contribution in [3.63, 3.8) is 0 Å². The zero-order valence-electron chi connectivity index (χ0n) is 19.8. The molecule has 8 nitrogen and oxygen atoms in total. The zero-order chi connectivity index (χ0) is 24.0. The summed E-state index contributed by atoms with van der Waals surface area (Å²) < 4.78 is 6.24. The highest BCUT2D eigenvalue weighted by Crippen LogP contribution is 2.20. The summed E-state index contributed by atoms with van der Waals surface area (Å²) in [5.41, 5.74) is 11.3. The highest BCUT2D eigenvalue weighted by molar-refractivity contribution is 6.09. The van der Waals surface area contributed by atoms with Crippen LogP contribution in [0.5, 0.6) is 0 Å². The smallest absolute Gasteiger partial charge is 0.255 e. The van der Waals surface area contributed by atoms with Crippen LogP contribution in [-0.2, 0) is 17.8 Å². The van der Waals surface area contributed by atoms with Crippen LogP contribution in [0, 0.1) is 12.3 Å². The molecule has 1 aromatic carbocycles. The number of nitrogens with one attached hydrogen (secondary N) is 3. The zero-order valence-corrected chi connectivity index (χ0v) is 19.8. The number of likely N-dealkylation sites (N-methyl/N-ethyl adjacent to an activating group) is 1. The fourth-order valence-corrected chi connectivity index (χ4v) is 4.09. The number of ether oxygens (including phenoxy) is 1. The molecule has 0 spiro atoms. The summed E-state index contributed by atoms with van der Waals surface area (Å²) >= 11 is 0. The molecule has 0 saturated carbocycles. The summed E-state index contributed by atoms with van der Waals surface area (Å²) in [5, 5.41) is 13.6. The first-order valence-corrected chi connectivity index (χ1v) is 11.2. The molecule has 1 aliphatic heterocycles. The first kappa shape index (κ1) is 24.4. The van der Waals surface area contributed by atoms with Gasteiger partial charge in [-0.1, -0.05) is 25.1 Å². The Morgan fingerprint density at radius 2 is 2.15 bits per heavy atom. The van der Waals surface area contributed by atoms with Gasteiger partial charge in [0.05, 0.1) is 24.3 Å². The molecule has 3 rings (SSSR count). The third-order valence-electron chi connectivity index (χ3n) is 5.98. The van der Waals surface area contributed by atoms with E-state index < -0.39 is 0 Å². The number of nitrogens with zero attached hydrogens (tertiary/aromatic N) is 2. The van der Waals surface area contributed by atoms with Gasteiger partial charge in [0.2, 0.25) is 0 Å². The Labute approximate surface area is 195 Å². The van der Waals surface area contributed by atoms with Crippen molar-refractivity contribution in [2.45, 2.75) is 39.0 Å². The first-order valence-electron chi connectivity index (χ1n) is 11.2. The number of nitrogen functional groups attached to an aromatic ring is 1. The van der Waals surface area contributed by atoms with Gasteiger partial charge in [-0.25, -0.2) is 4.98 Å². The van der Waals surface area contributed by atoms with Crippen LogP contribution >= 0.6 is 0 Å². The van der Waals surface area contributed by atoms with Gasteiger partial charge in [0.25, 0.3) is 5.91 Å². The minimum atomic E-state index is -0.298. The van der Waals surface area contributed by atoms with Crippen molar-refractivity contribution in [2.24, 2.45) is 0 Å². The molecule has 176 valence electrons. The van der Waals surface area contributed by atoms with Crippen LogP contribution in [0.3, 0.4) is 0 Å². The van der Waals surface area contributed by atoms with E-state index in [1.165, 1.54) is 17.3 Å². The van der Waals surface area contributed by atoms with E-state index in [0.29, 0.717) is 24.3 Å². The maximum Gasteiger partial charge on any atom is 0.255 e. The number of anilines is 1. The summed E-state index contributed by atoms with van der Waals surface area (Å²) in [5.74, 6) is -0.145. The molecule has 1 fully saturated rings. The summed E-state index contributed by atoms with van der Waals surface area (Å²) in [6.45, 7) is 6.18. The molecule has 8 heteroatoms. The van der Waals surface area contributed by atoms with Gasteiger partial charge in [-0.05, 0) is 43.1 Å². The monoisotopic (exact) mass is 450 g/mol. The third-order valence-corrected chi connectivity index (χ3v) is 5.98. The van der Waals surface area contributed by atoms with Gasteiger partial charge >= 0.3 is 0 Å². The minimum Gasteiger partial charge on any atom is -0.393 e. The van der Waals surface area contributed by atoms with Crippen molar-refractivity contribution in [3.05, 3.63) is 64.5 Å². The number of hydrogen-bond donors (Lipinski definition) is 4. The Morgan fingerprint density at radius 3 is 2.85 bits per heavy atom. The Balaban J connectivity index is 1.71. The first-order chi connectivity index (χ1) is 15.9. The van der Waals surface area contributed by atoms with Crippen molar-refractivity contribution >= 4 is 23.5 Å². The number of allylic oxidation sites excluding steroid dienone is 1. The van der Waals surface area contributed by atoms with Gasteiger partial charge in [0.15, 0.2) is 0 Å². The lowest BCUT2D eigenvalue weighted by atomic mass is 10.0. The third kappa shape index (κ3) is 5.97. The van der Waals surface area contributed by atoms with Gasteiger partial charge in [-0.15, -0.1) is 0 Å². The van der Waals surface area contributed by atoms with E-state index in [9.17, 15) is 4.79 Å². The SMILES string of the molecule is CCc1cc(CO[C@H]2CN(C)C[C@@H]2NC(=O)c2cc(/C(C=N)=C/NC)cnc2N)ccc1C. The molecule has 0 bridgehead atoms. The van der Waals surface area contributed by atoms with Gasteiger partial charge < -0.3 is 31.4 Å². The summed E-state index contributed by atoms with van der Waals surface area (Å²) in [4.78, 5) is 19.4. The molecule has 1 amide bonds. The Hall–Kier alpha value is -3.23. The van der Waals surface area contributed by atoms with Gasteiger partial charge in [0, 0.05) is 49.9 Å². The number of hydrogen-bond acceptors (Lipinski definition) is 7. The average molecular weight is 451 g/mol. The van der Waals surface area contributed by atoms with E-state index >= 15 is 0 Å². The van der Waals surface area contributed by atoms with Gasteiger partial charge in [-0.2, -0.15) is 0 Å². The van der Waals surface area contributed by atoms with Crippen LogP contribution in [0.4, 0.5) is 5.82 Å². The molecular formula is C25H34N6O2. The number of aromatic nitrogens is 1. The molecule has 1 saturated heterocycles. The molecule has 0 aliphatic carbocycles. The number of nitrogens with two attached hydrogens (primary N) is 1. The molecule has 1 aromatic heterocycles. The number of benzene rings is 1. The number of aryl methyl sites for hydroxylation is 2. The lowest BCUT2D eigenvalue weighted by Crippen LogP contribution is -2.44. The van der Waals surface area contributed by atoms with Crippen LogP contribution in [0.1, 0.15) is 39.5 Å². The van der Waals surface area contributed by atoms with Crippen LogP contribution in [-0.4, -0.2) is 61.3 Å². The van der Waals surface area contributed by atoms with E-state index in [2.05, 4.69) is 52.6 Å². The largest absolute Gasteiger partial charge is 0.393 e. The van der Waals surface area contributed by atoms with Crippen molar-refractivity contribution in [3.8, 4) is 0 Å². The van der Waals surface area contributed by atoms with Crippen molar-refractivity contribution in [1.82, 2.24) is 20.5 Å². The van der Waals surface area contributed by atoms with Gasteiger partial charge in [0.1, 0.15) is 5.82 Å². The Bertz CT molecular complexity index is 1040. The highest BCUT2D eigenvalue weighted by Gasteiger charge is 2.33. The fraction of sp³-hybridized carbons (Fsp3) is 0.400. The van der Waals surface area contributed by atoms with Crippen LogP contribution < -0.4 is 16.4 Å². The number of carbonyl (C=O) groups is 1. The number of amides is 1. The minimum absolute atomic E-state index is 0.135. The molecule has 33 heavy (non-hydrogen) atoms. The molecule has 2 atom stereocenters. The van der Waals surface area contributed by atoms with E-state index in [-0.39, 0.29) is 29.4 Å². The predicted molar refractivity (Wildman–Crippen MR) is 132 cm³/mol. The number of carbonyl (C=O) groups excluding carboxylic acids is 1. The van der Waals surface area contributed by atoms with Crippen molar-refractivity contribution < 1.29 is 9.53 Å². The lowest BCUT2D eigenvalue weighted by Gasteiger charge is -2.21. The molecule has 1 aliphatic rings. The second-order valence-corrected chi connectivity index (χ2v) is 8.45. The normalized spacial score (nSPS) is 18.8. The summed E-state index contributed by atoms with van der Waals surface area (Å²) in [6, 6.07) is 7.92. The van der Waals surface area contributed by atoms with Crippen molar-refractivity contribution in [1.29, 1.82) is 5.41 Å². The van der Waals surface area contributed by atoms with Crippen LogP contribution in [0.15, 0.2) is 36.7 Å². The quantitative estimate of drug-likeness (QED) is 0.436. The van der Waals surface area contributed by atoms with E-state index in [1.807, 2.05) is 7.05 Å². The topological polar surface area (TPSA) is 116 Å². The number of likely N-dealkylation sites (tertiary alicyclic amines) is 1. The predicted octanol–water partition coefficient (Wildman–Crippen LogP) is 2.37. The summed E-state index contributed by atoms with van der Waals surface area (Å²) in [7, 11) is 3.76. The average Bonchev–Trinajstić information content (AvgIpc) is 3.15. The standard InChI is InChI=1S/C25H34N6O2/c1-5-18-8-17(7-6-16(18)2)15-33-23-14-31(4)13-22(23)30-25(32)21-9-19(12-29-24(21)27)20(10-26)11-28-3/h6-12,22-23,26,28H,5,13-15H2,1-4H3,(H2,27,29)(H,30,32)/b20-11+,26-10?/t22-,23-/m0/s1. The van der Waals surface area contributed by atoms with Crippen LogP contribution in [0.2, 0.25) is 0 Å². The molecule has 0 radical (unpaired) electrons. The van der Waals surface area contributed by atoms with E-state index in [1.54, 1.807) is 25.5 Å². The van der Waals surface area contributed by atoms with Crippen LogP contribution in [0.25, 0.3) is 5.57 Å². The maximum absolute atomic E-state index is 13.1. The molecule has 2 heterocycles. The molecule has 0 unspecified atom stereocenters. The summed E-state index contributed by atoms with van der Waals surface area (Å²) in [6.07, 6.45) is 5.29. The Morgan fingerprint density at radius 1 is 1.36 bits per heavy atom. The molecule has 5 N–H and O–H groups in total. The number of pyridine rings is 1. The second-order valence-electron chi connectivity index (χ2n) is 8.45. The molecular weight excluding hydrogens is 416 g/mol. The lowest BCUT2D eigenvalue weighted by molar-refractivity contribution is 0.0323. The molecule has 2 aromatic rings. The maximum atomic E-state index is 13.1. The van der Waals surface area contributed by atoms with Crippen molar-refractivity contribution in [2.75, 3.05) is 32.9 Å². The second kappa shape index (κ2) is 11.1. The fourth-order valence-electron chi connectivity index (χ4n) is 4.09.